The number of halogens is 1. The van der Waals surface area contributed by atoms with E-state index in [1.165, 1.54) is 12.1 Å². The largest absolute Gasteiger partial charge is 0.347 e. The Morgan fingerprint density at radius 3 is 2.50 bits per heavy atom. The van der Waals surface area contributed by atoms with Gasteiger partial charge >= 0.3 is 0 Å². The van der Waals surface area contributed by atoms with Crippen LogP contribution in [0.2, 0.25) is 0 Å². The lowest BCUT2D eigenvalue weighted by molar-refractivity contribution is 0.0744. The molecule has 3 aromatic rings. The number of fused-ring (bicyclic) bond motifs is 1. The van der Waals surface area contributed by atoms with Gasteiger partial charge in [-0.05, 0) is 37.6 Å². The summed E-state index contributed by atoms with van der Waals surface area (Å²) in [5.41, 5.74) is 2.67. The highest BCUT2D eigenvalue weighted by molar-refractivity contribution is 6.07. The van der Waals surface area contributed by atoms with Crippen LogP contribution in [-0.2, 0) is 6.54 Å². The van der Waals surface area contributed by atoms with Crippen LogP contribution < -0.4 is 0 Å². The van der Waals surface area contributed by atoms with Gasteiger partial charge in [0.2, 0.25) is 0 Å². The Morgan fingerprint density at radius 1 is 1.17 bits per heavy atom. The van der Waals surface area contributed by atoms with Gasteiger partial charge in [-0.3, -0.25) is 4.79 Å². The van der Waals surface area contributed by atoms with E-state index in [9.17, 15) is 9.18 Å². The average Bonchev–Trinajstić information content (AvgIpc) is 2.99. The molecule has 0 saturated carbocycles. The Kier molecular flexibility index (Phi) is 4.38. The number of rotatable bonds is 4. The van der Waals surface area contributed by atoms with Gasteiger partial charge in [-0.15, -0.1) is 0 Å². The van der Waals surface area contributed by atoms with Crippen LogP contribution in [-0.4, -0.2) is 22.4 Å². The van der Waals surface area contributed by atoms with Crippen LogP contribution in [0.1, 0.15) is 35.8 Å². The maximum Gasteiger partial charge on any atom is 0.256 e. The van der Waals surface area contributed by atoms with Gasteiger partial charge in [0.15, 0.2) is 0 Å². The predicted octanol–water partition coefficient (Wildman–Crippen LogP) is 4.63. The second kappa shape index (κ2) is 6.48. The Hall–Kier alpha value is -2.62. The predicted molar refractivity (Wildman–Crippen MR) is 94.5 cm³/mol. The minimum absolute atomic E-state index is 0.0322. The fraction of sp³-hybridized carbons (Fsp3) is 0.250. The van der Waals surface area contributed by atoms with Gasteiger partial charge in [-0.25, -0.2) is 4.39 Å². The van der Waals surface area contributed by atoms with Crippen molar-refractivity contribution in [2.24, 2.45) is 0 Å². The number of nitrogens with zero attached hydrogens (tertiary/aromatic N) is 2. The second-order valence-corrected chi connectivity index (χ2v) is 5.99. The normalized spacial score (nSPS) is 12.3. The molecule has 1 aromatic heterocycles. The van der Waals surface area contributed by atoms with E-state index in [0.29, 0.717) is 5.56 Å². The lowest BCUT2D eigenvalue weighted by atomic mass is 10.1. The number of benzene rings is 2. The topological polar surface area (TPSA) is 25.2 Å². The lowest BCUT2D eigenvalue weighted by Crippen LogP contribution is -2.29. The third-order valence-electron chi connectivity index (χ3n) is 4.61. The molecule has 3 rings (SSSR count). The molecule has 1 atom stereocenters. The third-order valence-corrected chi connectivity index (χ3v) is 4.61. The molecule has 4 heteroatoms. The lowest BCUT2D eigenvalue weighted by Gasteiger charge is -2.25. The number of aromatic nitrogens is 1. The summed E-state index contributed by atoms with van der Waals surface area (Å²) in [7, 11) is 1.79. The van der Waals surface area contributed by atoms with Crippen LogP contribution in [0, 0.1) is 5.82 Å². The summed E-state index contributed by atoms with van der Waals surface area (Å²) in [4.78, 5) is 14.7. The number of aryl methyl sites for hydroxylation is 1. The summed E-state index contributed by atoms with van der Waals surface area (Å²) in [5, 5.41) is 0.961. The summed E-state index contributed by atoms with van der Waals surface area (Å²) in [6, 6.07) is 14.1. The molecule has 3 nitrogen and oxygen atoms in total. The van der Waals surface area contributed by atoms with Crippen molar-refractivity contribution in [3.8, 4) is 0 Å². The first-order valence-corrected chi connectivity index (χ1v) is 8.13. The van der Waals surface area contributed by atoms with E-state index >= 15 is 0 Å². The summed E-state index contributed by atoms with van der Waals surface area (Å²) >= 11 is 0. The molecule has 0 fully saturated rings. The van der Waals surface area contributed by atoms with Crippen LogP contribution >= 0.6 is 0 Å². The Bertz CT molecular complexity index is 867. The van der Waals surface area contributed by atoms with E-state index in [1.54, 1.807) is 24.1 Å². The van der Waals surface area contributed by atoms with Gasteiger partial charge in [0.1, 0.15) is 5.82 Å². The quantitative estimate of drug-likeness (QED) is 0.686. The van der Waals surface area contributed by atoms with E-state index in [2.05, 4.69) is 11.5 Å². The fourth-order valence-corrected chi connectivity index (χ4v) is 3.01. The van der Waals surface area contributed by atoms with Gasteiger partial charge in [-0.1, -0.05) is 30.3 Å². The van der Waals surface area contributed by atoms with Gasteiger partial charge in [0, 0.05) is 30.7 Å². The fourth-order valence-electron chi connectivity index (χ4n) is 3.01. The number of carbonyl (C=O) groups is 1. The summed E-state index contributed by atoms with van der Waals surface area (Å²) in [5.74, 6) is -0.304. The first kappa shape index (κ1) is 16.2. The Balaban J connectivity index is 1.95. The van der Waals surface area contributed by atoms with Crippen LogP contribution in [0.15, 0.2) is 54.7 Å². The standard InChI is InChI=1S/C20H21FN2O/c1-4-23-13-18(17-7-5-6-8-19(17)23)20(24)22(3)14(2)15-9-11-16(21)12-10-15/h5-14H,4H2,1-3H3/t14-/m1/s1. The number of carbonyl (C=O) groups excluding carboxylic acids is 1. The molecule has 0 spiro atoms. The summed E-state index contributed by atoms with van der Waals surface area (Å²) < 4.78 is 15.2. The zero-order chi connectivity index (χ0) is 17.3. The maximum absolute atomic E-state index is 13.1. The zero-order valence-corrected chi connectivity index (χ0v) is 14.2. The molecule has 1 heterocycles. The van der Waals surface area contributed by atoms with E-state index in [1.807, 2.05) is 37.4 Å². The highest BCUT2D eigenvalue weighted by Crippen LogP contribution is 2.26. The summed E-state index contributed by atoms with van der Waals surface area (Å²) in [6.07, 6.45) is 1.92. The SMILES string of the molecule is CCn1cc(C(=O)N(C)[C@H](C)c2ccc(F)cc2)c2ccccc21. The van der Waals surface area contributed by atoms with Crippen molar-refractivity contribution in [1.29, 1.82) is 0 Å². The van der Waals surface area contributed by atoms with Gasteiger partial charge in [0.25, 0.3) is 5.91 Å². The smallest absolute Gasteiger partial charge is 0.256 e. The van der Waals surface area contributed by atoms with Crippen LogP contribution in [0.5, 0.6) is 0 Å². The number of hydrogen-bond donors (Lipinski definition) is 0. The molecule has 0 aliphatic rings. The van der Waals surface area contributed by atoms with Crippen molar-refractivity contribution in [3.63, 3.8) is 0 Å². The van der Waals surface area contributed by atoms with Crippen LogP contribution in [0.3, 0.4) is 0 Å². The Morgan fingerprint density at radius 2 is 1.83 bits per heavy atom. The third kappa shape index (κ3) is 2.80. The van der Waals surface area contributed by atoms with E-state index < -0.39 is 0 Å². The molecule has 24 heavy (non-hydrogen) atoms. The van der Waals surface area contributed by atoms with Gasteiger partial charge < -0.3 is 9.47 Å². The molecule has 0 radical (unpaired) electrons. The van der Waals surface area contributed by atoms with Crippen LogP contribution in [0.4, 0.5) is 4.39 Å². The van der Waals surface area contributed by atoms with Crippen LogP contribution in [0.25, 0.3) is 10.9 Å². The highest BCUT2D eigenvalue weighted by atomic mass is 19.1. The highest BCUT2D eigenvalue weighted by Gasteiger charge is 2.22. The molecular weight excluding hydrogens is 303 g/mol. The van der Waals surface area contributed by atoms with E-state index in [0.717, 1.165) is 23.0 Å². The first-order valence-electron chi connectivity index (χ1n) is 8.13. The van der Waals surface area contributed by atoms with Crippen molar-refractivity contribution >= 4 is 16.8 Å². The molecule has 0 N–H and O–H groups in total. The maximum atomic E-state index is 13.1. The zero-order valence-electron chi connectivity index (χ0n) is 14.2. The van der Waals surface area contributed by atoms with Crippen molar-refractivity contribution in [3.05, 3.63) is 71.7 Å². The first-order chi connectivity index (χ1) is 11.5. The molecule has 0 bridgehead atoms. The molecule has 124 valence electrons. The van der Waals surface area contributed by atoms with Gasteiger partial charge in [0.05, 0.1) is 11.6 Å². The minimum atomic E-state index is -0.272. The molecule has 0 aliphatic heterocycles. The molecule has 2 aromatic carbocycles. The Labute approximate surface area is 141 Å². The number of amides is 1. The number of hydrogen-bond acceptors (Lipinski definition) is 1. The monoisotopic (exact) mass is 324 g/mol. The molecular formula is C20H21FN2O. The second-order valence-electron chi connectivity index (χ2n) is 5.99. The number of para-hydroxylation sites is 1. The minimum Gasteiger partial charge on any atom is -0.347 e. The van der Waals surface area contributed by atoms with Crippen molar-refractivity contribution in [2.45, 2.75) is 26.4 Å². The average molecular weight is 324 g/mol. The van der Waals surface area contributed by atoms with E-state index in [4.69, 9.17) is 0 Å². The summed E-state index contributed by atoms with van der Waals surface area (Å²) in [6.45, 7) is 4.82. The molecule has 0 saturated heterocycles. The van der Waals surface area contributed by atoms with Crippen molar-refractivity contribution in [2.75, 3.05) is 7.05 Å². The molecule has 1 amide bonds. The van der Waals surface area contributed by atoms with Crippen molar-refractivity contribution < 1.29 is 9.18 Å². The molecule has 0 unspecified atom stereocenters. The molecule has 0 aliphatic carbocycles. The van der Waals surface area contributed by atoms with E-state index in [-0.39, 0.29) is 17.8 Å². The van der Waals surface area contributed by atoms with Gasteiger partial charge in [-0.2, -0.15) is 0 Å². The van der Waals surface area contributed by atoms with Crippen molar-refractivity contribution in [1.82, 2.24) is 9.47 Å².